The highest BCUT2D eigenvalue weighted by molar-refractivity contribution is 7.08. The van der Waals surface area contributed by atoms with E-state index in [1.807, 2.05) is 26.4 Å². The lowest BCUT2D eigenvalue weighted by atomic mass is 10.0. The highest BCUT2D eigenvalue weighted by Gasteiger charge is 2.29. The van der Waals surface area contributed by atoms with Gasteiger partial charge < -0.3 is 14.1 Å². The van der Waals surface area contributed by atoms with E-state index in [1.54, 1.807) is 13.4 Å². The van der Waals surface area contributed by atoms with Gasteiger partial charge in [-0.25, -0.2) is 4.98 Å². The van der Waals surface area contributed by atoms with Crippen LogP contribution in [0.5, 0.6) is 0 Å². The van der Waals surface area contributed by atoms with Crippen molar-refractivity contribution in [3.8, 4) is 11.4 Å². The molecule has 1 aliphatic heterocycles. The topological polar surface area (TPSA) is 73.4 Å². The molecule has 4 heterocycles. The third-order valence-corrected chi connectivity index (χ3v) is 5.27. The van der Waals surface area contributed by atoms with Gasteiger partial charge in [0, 0.05) is 49.9 Å². The molecular formula is C18H20N4O3S. The zero-order valence-electron chi connectivity index (χ0n) is 14.6. The first kappa shape index (κ1) is 17.0. The first-order valence-electron chi connectivity index (χ1n) is 8.55. The van der Waals surface area contributed by atoms with Crippen LogP contribution in [0.4, 0.5) is 0 Å². The molecule has 7 nitrogen and oxygen atoms in total. The Labute approximate surface area is 155 Å². The molecular weight excluding hydrogens is 352 g/mol. The zero-order valence-corrected chi connectivity index (χ0v) is 15.4. The van der Waals surface area contributed by atoms with Crippen LogP contribution in [0.1, 0.15) is 28.0 Å². The van der Waals surface area contributed by atoms with Crippen LogP contribution < -0.4 is 0 Å². The lowest BCUT2D eigenvalue weighted by Gasteiger charge is -2.27. The Bertz CT molecular complexity index is 871. The van der Waals surface area contributed by atoms with E-state index < -0.39 is 0 Å². The summed E-state index contributed by atoms with van der Waals surface area (Å²) in [6, 6.07) is 1.87. The van der Waals surface area contributed by atoms with Crippen LogP contribution >= 0.6 is 11.3 Å². The molecule has 0 spiro atoms. The van der Waals surface area contributed by atoms with E-state index in [2.05, 4.69) is 4.98 Å². The van der Waals surface area contributed by atoms with Crippen molar-refractivity contribution in [1.82, 2.24) is 19.7 Å². The number of fused-ring (bicyclic) bond motifs is 1. The fourth-order valence-corrected chi connectivity index (χ4v) is 3.94. The molecule has 8 heteroatoms. The summed E-state index contributed by atoms with van der Waals surface area (Å²) in [6.45, 7) is 2.70. The molecule has 0 fully saturated rings. The Kier molecular flexibility index (Phi) is 4.85. The highest BCUT2D eigenvalue weighted by Crippen LogP contribution is 2.30. The molecule has 0 bridgehead atoms. The van der Waals surface area contributed by atoms with E-state index in [-0.39, 0.29) is 5.91 Å². The molecule has 3 aromatic rings. The second-order valence-electron chi connectivity index (χ2n) is 6.21. The largest absolute Gasteiger partial charge is 0.451 e. The van der Waals surface area contributed by atoms with Crippen molar-refractivity contribution in [2.24, 2.45) is 0 Å². The van der Waals surface area contributed by atoms with Gasteiger partial charge >= 0.3 is 0 Å². The molecule has 0 radical (unpaired) electrons. The van der Waals surface area contributed by atoms with Crippen LogP contribution in [0.3, 0.4) is 0 Å². The Morgan fingerprint density at radius 3 is 3.12 bits per heavy atom. The summed E-state index contributed by atoms with van der Waals surface area (Å²) in [5.74, 6) is 0.0649. The summed E-state index contributed by atoms with van der Waals surface area (Å²) in [7, 11) is 1.70. The lowest BCUT2D eigenvalue weighted by Crippen LogP contribution is -2.36. The molecule has 0 unspecified atom stereocenters. The third kappa shape index (κ3) is 3.17. The second-order valence-corrected chi connectivity index (χ2v) is 6.99. The van der Waals surface area contributed by atoms with Gasteiger partial charge in [-0.2, -0.15) is 16.4 Å². The van der Waals surface area contributed by atoms with E-state index in [4.69, 9.17) is 14.3 Å². The number of carbonyl (C=O) groups excluding carboxylic acids is 1. The summed E-state index contributed by atoms with van der Waals surface area (Å²) in [5, 5.41) is 8.59. The quantitative estimate of drug-likeness (QED) is 0.622. The number of nitrogens with zero attached hydrogens (tertiary/aromatic N) is 4. The Morgan fingerprint density at radius 1 is 1.46 bits per heavy atom. The number of oxazole rings is 1. The standard InChI is InChI=1S/C18H20N4O3S/c1-24-7-2-5-22-16-3-6-21(18(23)13-4-8-26-11-13)9-14(16)17(20-22)15-10-25-12-19-15/h4,8,10-12H,2-3,5-7,9H2,1H3. The SMILES string of the molecule is COCCCn1nc(-c2cocn2)c2c1CCN(C(=O)c1ccsc1)C2. The number of thiophene rings is 1. The van der Waals surface area contributed by atoms with Gasteiger partial charge in [0.2, 0.25) is 0 Å². The number of aryl methyl sites for hydroxylation is 1. The fraction of sp³-hybridized carbons (Fsp3) is 0.389. The first-order chi connectivity index (χ1) is 12.8. The predicted molar refractivity (Wildman–Crippen MR) is 97.0 cm³/mol. The van der Waals surface area contributed by atoms with E-state index in [0.717, 1.165) is 36.2 Å². The van der Waals surface area contributed by atoms with Crippen molar-refractivity contribution in [1.29, 1.82) is 0 Å². The minimum Gasteiger partial charge on any atom is -0.451 e. The molecule has 26 heavy (non-hydrogen) atoms. The molecule has 1 amide bonds. The molecule has 3 aromatic heterocycles. The van der Waals surface area contributed by atoms with Crippen LogP contribution in [-0.2, 0) is 24.2 Å². The molecule has 0 atom stereocenters. The maximum Gasteiger partial charge on any atom is 0.255 e. The number of ether oxygens (including phenoxy) is 1. The maximum absolute atomic E-state index is 12.7. The van der Waals surface area contributed by atoms with Crippen LogP contribution in [0, 0.1) is 0 Å². The lowest BCUT2D eigenvalue weighted by molar-refractivity contribution is 0.0734. The number of rotatable bonds is 6. The number of aromatic nitrogens is 3. The molecule has 0 aromatic carbocycles. The monoisotopic (exact) mass is 372 g/mol. The maximum atomic E-state index is 12.7. The summed E-state index contributed by atoms with van der Waals surface area (Å²) in [5.41, 5.74) is 4.49. The Hall–Kier alpha value is -2.45. The number of hydrogen-bond acceptors (Lipinski definition) is 6. The second kappa shape index (κ2) is 7.43. The zero-order chi connectivity index (χ0) is 17.9. The first-order valence-corrected chi connectivity index (χ1v) is 9.49. The van der Waals surface area contributed by atoms with Gasteiger partial charge in [0.1, 0.15) is 17.7 Å². The Morgan fingerprint density at radius 2 is 2.38 bits per heavy atom. The fourth-order valence-electron chi connectivity index (χ4n) is 3.31. The van der Waals surface area contributed by atoms with Crippen molar-refractivity contribution < 1.29 is 13.9 Å². The van der Waals surface area contributed by atoms with Gasteiger partial charge in [0.25, 0.3) is 5.91 Å². The molecule has 0 N–H and O–H groups in total. The normalized spacial score (nSPS) is 13.8. The Balaban J connectivity index is 1.64. The molecule has 0 saturated heterocycles. The van der Waals surface area contributed by atoms with Crippen molar-refractivity contribution in [3.05, 3.63) is 46.3 Å². The van der Waals surface area contributed by atoms with Crippen molar-refractivity contribution in [2.75, 3.05) is 20.3 Å². The molecule has 0 saturated carbocycles. The summed E-state index contributed by atoms with van der Waals surface area (Å²) < 4.78 is 12.3. The summed E-state index contributed by atoms with van der Waals surface area (Å²) >= 11 is 1.54. The van der Waals surface area contributed by atoms with Crippen molar-refractivity contribution in [2.45, 2.75) is 25.9 Å². The number of amides is 1. The van der Waals surface area contributed by atoms with Crippen LogP contribution in [0.15, 0.2) is 33.9 Å². The minimum atomic E-state index is 0.0649. The van der Waals surface area contributed by atoms with Gasteiger partial charge in [0.15, 0.2) is 6.39 Å². The highest BCUT2D eigenvalue weighted by atomic mass is 32.1. The van der Waals surface area contributed by atoms with Gasteiger partial charge in [-0.3, -0.25) is 9.48 Å². The molecule has 1 aliphatic rings. The van der Waals surface area contributed by atoms with E-state index >= 15 is 0 Å². The summed E-state index contributed by atoms with van der Waals surface area (Å²) in [6.07, 6.45) is 4.67. The van der Waals surface area contributed by atoms with Crippen molar-refractivity contribution in [3.63, 3.8) is 0 Å². The molecule has 136 valence electrons. The van der Waals surface area contributed by atoms with Crippen LogP contribution in [-0.4, -0.2) is 45.8 Å². The van der Waals surface area contributed by atoms with E-state index in [9.17, 15) is 4.79 Å². The molecule has 4 rings (SSSR count). The predicted octanol–water partition coefficient (Wildman–Crippen LogP) is 2.83. The average Bonchev–Trinajstić information content (AvgIpc) is 3.41. The number of hydrogen-bond donors (Lipinski definition) is 0. The van der Waals surface area contributed by atoms with Gasteiger partial charge in [0.05, 0.1) is 12.1 Å². The van der Waals surface area contributed by atoms with Crippen LogP contribution in [0.2, 0.25) is 0 Å². The average molecular weight is 372 g/mol. The summed E-state index contributed by atoms with van der Waals surface area (Å²) in [4.78, 5) is 18.9. The smallest absolute Gasteiger partial charge is 0.255 e. The number of methoxy groups -OCH3 is 1. The number of carbonyl (C=O) groups is 1. The molecule has 0 aliphatic carbocycles. The van der Waals surface area contributed by atoms with Gasteiger partial charge in [-0.1, -0.05) is 0 Å². The third-order valence-electron chi connectivity index (χ3n) is 4.58. The van der Waals surface area contributed by atoms with E-state index in [0.29, 0.717) is 25.4 Å². The van der Waals surface area contributed by atoms with E-state index in [1.165, 1.54) is 23.4 Å². The minimum absolute atomic E-state index is 0.0649. The van der Waals surface area contributed by atoms with Crippen molar-refractivity contribution >= 4 is 17.2 Å². The van der Waals surface area contributed by atoms with Crippen LogP contribution in [0.25, 0.3) is 11.4 Å². The van der Waals surface area contributed by atoms with Gasteiger partial charge in [-0.05, 0) is 17.9 Å². The van der Waals surface area contributed by atoms with Gasteiger partial charge in [-0.15, -0.1) is 0 Å².